The molecule has 76 valence electrons. The van der Waals surface area contributed by atoms with Crippen molar-refractivity contribution in [3.63, 3.8) is 0 Å². The van der Waals surface area contributed by atoms with E-state index in [-0.39, 0.29) is 25.0 Å². The van der Waals surface area contributed by atoms with Crippen molar-refractivity contribution in [2.45, 2.75) is 6.04 Å². The van der Waals surface area contributed by atoms with E-state index in [4.69, 9.17) is 11.5 Å². The maximum absolute atomic E-state index is 10.9. The van der Waals surface area contributed by atoms with Gasteiger partial charge in [0.05, 0.1) is 0 Å². The molecule has 1 aliphatic heterocycles. The van der Waals surface area contributed by atoms with Gasteiger partial charge in [0.1, 0.15) is 6.04 Å². The Morgan fingerprint density at radius 1 is 1.69 bits per heavy atom. The highest BCUT2D eigenvalue weighted by atomic mass is 35.5. The number of hydrogen-bond donors (Lipinski definition) is 3. The van der Waals surface area contributed by atoms with Gasteiger partial charge in [-0.2, -0.15) is 0 Å². The number of nitrogens with two attached hydrogens (primary N) is 2. The van der Waals surface area contributed by atoms with Crippen LogP contribution in [0.2, 0.25) is 0 Å². The predicted octanol–water partition coefficient (Wildman–Crippen LogP) is -1.75. The van der Waals surface area contributed by atoms with E-state index in [1.807, 2.05) is 0 Å². The SMILES string of the molecule is Cl.NC(=O)C(N)CN1CCNC1=O. The largest absolute Gasteiger partial charge is 0.368 e. The molecule has 5 N–H and O–H groups in total. The van der Waals surface area contributed by atoms with Gasteiger partial charge >= 0.3 is 6.03 Å². The summed E-state index contributed by atoms with van der Waals surface area (Å²) in [5, 5.41) is 2.59. The Labute approximate surface area is 82.0 Å². The van der Waals surface area contributed by atoms with Gasteiger partial charge in [0.15, 0.2) is 0 Å². The first-order chi connectivity index (χ1) is 5.61. The number of nitrogens with zero attached hydrogens (tertiary/aromatic N) is 1. The third-order valence-corrected chi connectivity index (χ3v) is 1.73. The predicted molar refractivity (Wildman–Crippen MR) is 49.4 cm³/mol. The minimum absolute atomic E-state index is 0. The normalized spacial score (nSPS) is 17.6. The van der Waals surface area contributed by atoms with Gasteiger partial charge in [0, 0.05) is 19.6 Å². The Bertz CT molecular complexity index is 211. The standard InChI is InChI=1S/C6H12N4O2.ClH/c7-4(5(8)11)3-10-2-1-9-6(10)12;/h4H,1-3,7H2,(H2,8,11)(H,9,12);1H. The Kier molecular flexibility index (Phi) is 4.50. The monoisotopic (exact) mass is 208 g/mol. The molecule has 0 aromatic carbocycles. The third-order valence-electron chi connectivity index (χ3n) is 1.73. The van der Waals surface area contributed by atoms with Crippen LogP contribution in [0.1, 0.15) is 0 Å². The topological polar surface area (TPSA) is 101 Å². The maximum Gasteiger partial charge on any atom is 0.317 e. The zero-order valence-electron chi connectivity index (χ0n) is 7.03. The molecule has 1 atom stereocenters. The minimum Gasteiger partial charge on any atom is -0.368 e. The van der Waals surface area contributed by atoms with Gasteiger partial charge in [-0.05, 0) is 0 Å². The smallest absolute Gasteiger partial charge is 0.317 e. The number of carbonyl (C=O) groups is 2. The highest BCUT2D eigenvalue weighted by Crippen LogP contribution is 1.96. The Morgan fingerprint density at radius 2 is 2.31 bits per heavy atom. The molecular weight excluding hydrogens is 196 g/mol. The summed E-state index contributed by atoms with van der Waals surface area (Å²) in [6.07, 6.45) is 0. The van der Waals surface area contributed by atoms with Crippen molar-refractivity contribution in [1.82, 2.24) is 10.2 Å². The summed E-state index contributed by atoms with van der Waals surface area (Å²) in [7, 11) is 0. The third kappa shape index (κ3) is 3.08. The number of urea groups is 1. The average Bonchev–Trinajstić information content (AvgIpc) is 2.36. The summed E-state index contributed by atoms with van der Waals surface area (Å²) < 4.78 is 0. The van der Waals surface area contributed by atoms with Crippen LogP contribution in [0.25, 0.3) is 0 Å². The van der Waals surface area contributed by atoms with E-state index in [9.17, 15) is 9.59 Å². The van der Waals surface area contributed by atoms with Crippen LogP contribution < -0.4 is 16.8 Å². The summed E-state index contributed by atoms with van der Waals surface area (Å²) in [4.78, 5) is 22.9. The molecule has 0 spiro atoms. The van der Waals surface area contributed by atoms with E-state index in [0.717, 1.165) is 0 Å². The van der Waals surface area contributed by atoms with Crippen molar-refractivity contribution >= 4 is 24.3 Å². The number of carbonyl (C=O) groups excluding carboxylic acids is 2. The molecule has 1 fully saturated rings. The number of hydrogen-bond acceptors (Lipinski definition) is 3. The van der Waals surface area contributed by atoms with Crippen LogP contribution >= 0.6 is 12.4 Å². The molecular formula is C6H13ClN4O2. The van der Waals surface area contributed by atoms with Crippen LogP contribution in [-0.4, -0.2) is 42.5 Å². The van der Waals surface area contributed by atoms with Gasteiger partial charge in [-0.1, -0.05) is 0 Å². The summed E-state index contributed by atoms with van der Waals surface area (Å²) >= 11 is 0. The van der Waals surface area contributed by atoms with E-state index < -0.39 is 11.9 Å². The summed E-state index contributed by atoms with van der Waals surface area (Å²) in [6.45, 7) is 1.38. The van der Waals surface area contributed by atoms with E-state index in [1.165, 1.54) is 4.90 Å². The van der Waals surface area contributed by atoms with Gasteiger partial charge in [-0.3, -0.25) is 4.79 Å². The average molecular weight is 209 g/mol. The van der Waals surface area contributed by atoms with Gasteiger partial charge in [-0.25, -0.2) is 4.79 Å². The summed E-state index contributed by atoms with van der Waals surface area (Å²) in [6, 6.07) is -0.958. The van der Waals surface area contributed by atoms with E-state index in [0.29, 0.717) is 13.1 Å². The van der Waals surface area contributed by atoms with E-state index >= 15 is 0 Å². The molecule has 1 heterocycles. The van der Waals surface area contributed by atoms with Crippen molar-refractivity contribution in [2.75, 3.05) is 19.6 Å². The Balaban J connectivity index is 0.00000144. The van der Waals surface area contributed by atoms with Crippen LogP contribution in [0.4, 0.5) is 4.79 Å². The second kappa shape index (κ2) is 4.88. The van der Waals surface area contributed by atoms with Crippen LogP contribution in [-0.2, 0) is 4.79 Å². The lowest BCUT2D eigenvalue weighted by atomic mass is 10.3. The van der Waals surface area contributed by atoms with Crippen LogP contribution in [0.3, 0.4) is 0 Å². The zero-order valence-corrected chi connectivity index (χ0v) is 7.84. The highest BCUT2D eigenvalue weighted by molar-refractivity contribution is 5.85. The Hall–Kier alpha value is -1.01. The molecule has 0 radical (unpaired) electrons. The minimum atomic E-state index is -0.770. The molecule has 0 saturated carbocycles. The second-order valence-electron chi connectivity index (χ2n) is 2.69. The lowest BCUT2D eigenvalue weighted by molar-refractivity contribution is -0.119. The molecule has 0 aliphatic carbocycles. The van der Waals surface area contributed by atoms with Gasteiger partial charge < -0.3 is 21.7 Å². The highest BCUT2D eigenvalue weighted by Gasteiger charge is 2.23. The van der Waals surface area contributed by atoms with E-state index in [1.54, 1.807) is 0 Å². The quantitative estimate of drug-likeness (QED) is 0.513. The molecule has 1 saturated heterocycles. The number of halogens is 1. The molecule has 0 aromatic heterocycles. The summed E-state index contributed by atoms with van der Waals surface area (Å²) in [5.74, 6) is -0.588. The fraction of sp³-hybridized carbons (Fsp3) is 0.667. The van der Waals surface area contributed by atoms with Crippen molar-refractivity contribution in [3.8, 4) is 0 Å². The number of rotatable bonds is 3. The first-order valence-corrected chi connectivity index (χ1v) is 3.69. The number of primary amides is 1. The molecule has 1 rings (SSSR count). The van der Waals surface area contributed by atoms with Crippen molar-refractivity contribution in [3.05, 3.63) is 0 Å². The number of amides is 3. The lowest BCUT2D eigenvalue weighted by Crippen LogP contribution is -2.46. The van der Waals surface area contributed by atoms with Crippen molar-refractivity contribution in [1.29, 1.82) is 0 Å². The fourth-order valence-electron chi connectivity index (χ4n) is 1.01. The van der Waals surface area contributed by atoms with Crippen LogP contribution in [0, 0.1) is 0 Å². The molecule has 3 amide bonds. The second-order valence-corrected chi connectivity index (χ2v) is 2.69. The fourth-order valence-corrected chi connectivity index (χ4v) is 1.01. The summed E-state index contributed by atoms with van der Waals surface area (Å²) in [5.41, 5.74) is 10.3. The zero-order chi connectivity index (χ0) is 9.14. The number of nitrogens with one attached hydrogen (secondary N) is 1. The lowest BCUT2D eigenvalue weighted by Gasteiger charge is -2.16. The van der Waals surface area contributed by atoms with Crippen LogP contribution in [0.15, 0.2) is 0 Å². The van der Waals surface area contributed by atoms with Crippen LogP contribution in [0.5, 0.6) is 0 Å². The Morgan fingerprint density at radius 3 is 2.69 bits per heavy atom. The first kappa shape index (κ1) is 12.0. The molecule has 6 nitrogen and oxygen atoms in total. The molecule has 1 aliphatic rings. The van der Waals surface area contributed by atoms with E-state index in [2.05, 4.69) is 5.32 Å². The molecule has 13 heavy (non-hydrogen) atoms. The van der Waals surface area contributed by atoms with Crippen molar-refractivity contribution < 1.29 is 9.59 Å². The molecule has 0 aromatic rings. The molecule has 1 unspecified atom stereocenters. The van der Waals surface area contributed by atoms with Gasteiger partial charge in [0.2, 0.25) is 5.91 Å². The molecule has 7 heteroatoms. The van der Waals surface area contributed by atoms with Gasteiger partial charge in [0.25, 0.3) is 0 Å². The van der Waals surface area contributed by atoms with Crippen molar-refractivity contribution in [2.24, 2.45) is 11.5 Å². The maximum atomic E-state index is 10.9. The first-order valence-electron chi connectivity index (χ1n) is 3.69. The molecule has 0 bridgehead atoms. The van der Waals surface area contributed by atoms with Gasteiger partial charge in [-0.15, -0.1) is 12.4 Å².